The molecule has 0 bridgehead atoms. The average Bonchev–Trinajstić information content (AvgIpc) is 1.91. The zero-order valence-electron chi connectivity index (χ0n) is 6.30. The fraction of sp³-hybridized carbons (Fsp3) is 1.00. The van der Waals surface area contributed by atoms with Crippen molar-refractivity contribution < 1.29 is 9.47 Å². The summed E-state index contributed by atoms with van der Waals surface area (Å²) in [5, 5.41) is 0. The van der Waals surface area contributed by atoms with Gasteiger partial charge in [-0.05, 0) is 12.8 Å². The number of hydrogen-bond acceptors (Lipinski definition) is 2. The molecule has 64 valence electrons. The smallest absolute Gasteiger partial charge is 0.156 e. The molecule has 0 heterocycles. The maximum Gasteiger partial charge on any atom is 0.156 e. The van der Waals surface area contributed by atoms with Gasteiger partial charge in [-0.15, -0.1) is 28.6 Å². The van der Waals surface area contributed by atoms with Gasteiger partial charge in [0.2, 0.25) is 0 Å². The third-order valence-electron chi connectivity index (χ3n) is 1.10. The van der Waals surface area contributed by atoms with Crippen LogP contribution in [0, 0.1) is 0 Å². The molecule has 10 heavy (non-hydrogen) atoms. The number of hydrogen-bond donors (Lipinski definition) is 0. The van der Waals surface area contributed by atoms with Crippen LogP contribution in [0.15, 0.2) is 0 Å². The second-order valence-corrected chi connectivity index (χ2v) is 2.11. The van der Waals surface area contributed by atoms with E-state index in [1.165, 1.54) is 0 Å². The van der Waals surface area contributed by atoms with E-state index in [-0.39, 0.29) is 23.3 Å². The molecule has 0 fully saturated rings. The average molecular weight is 234 g/mol. The Kier molecular flexibility index (Phi) is 12.9. The van der Waals surface area contributed by atoms with Gasteiger partial charge in [-0.2, -0.15) is 0 Å². The highest BCUT2D eigenvalue weighted by molar-refractivity contribution is 8.93. The van der Waals surface area contributed by atoms with Gasteiger partial charge in [0.1, 0.15) is 0 Å². The normalized spacial score (nSPS) is 9.60. The molecule has 0 aliphatic carbocycles. The molecule has 0 aliphatic rings. The van der Waals surface area contributed by atoms with Crippen LogP contribution in [-0.2, 0) is 9.47 Å². The fourth-order valence-electron chi connectivity index (χ4n) is 0.576. The Morgan fingerprint density at radius 3 is 2.10 bits per heavy atom. The Hall–Kier alpha value is 0.690. The van der Waals surface area contributed by atoms with Crippen molar-refractivity contribution in [2.24, 2.45) is 0 Å². The Morgan fingerprint density at radius 2 is 1.80 bits per heavy atom. The first-order valence-corrected chi connectivity index (χ1v) is 3.50. The van der Waals surface area contributed by atoms with E-state index < -0.39 is 0 Å². The third kappa shape index (κ3) is 6.81. The summed E-state index contributed by atoms with van der Waals surface area (Å²) in [7, 11) is 3.25. The van der Waals surface area contributed by atoms with Crippen LogP contribution in [0.4, 0.5) is 0 Å². The Bertz CT molecular complexity index is 59.7. The number of rotatable bonds is 5. The maximum absolute atomic E-state index is 5.45. The second kappa shape index (κ2) is 9.69. The van der Waals surface area contributed by atoms with Gasteiger partial charge in [-0.1, -0.05) is 0 Å². The molecule has 0 aliphatic heterocycles. The summed E-state index contributed by atoms with van der Waals surface area (Å²) >= 11 is 5.45. The van der Waals surface area contributed by atoms with Gasteiger partial charge < -0.3 is 9.47 Å². The monoisotopic (exact) mass is 232 g/mol. The van der Waals surface area contributed by atoms with Crippen LogP contribution in [-0.4, -0.2) is 26.4 Å². The molecule has 0 spiro atoms. The number of ether oxygens (including phenoxy) is 2. The van der Waals surface area contributed by atoms with Crippen LogP contribution in [0.2, 0.25) is 0 Å². The van der Waals surface area contributed by atoms with E-state index in [4.69, 9.17) is 21.1 Å². The van der Waals surface area contributed by atoms with Crippen LogP contribution in [0.25, 0.3) is 0 Å². The molecule has 0 radical (unpaired) electrons. The van der Waals surface area contributed by atoms with Crippen molar-refractivity contribution in [1.29, 1.82) is 0 Å². The summed E-state index contributed by atoms with van der Waals surface area (Å²) in [4.78, 5) is 0. The third-order valence-corrected chi connectivity index (χ3v) is 1.37. The van der Waals surface area contributed by atoms with Crippen molar-refractivity contribution in [3.63, 3.8) is 0 Å². The van der Waals surface area contributed by atoms with Crippen LogP contribution >= 0.6 is 28.6 Å². The summed E-state index contributed by atoms with van der Waals surface area (Å²) in [5.74, 6) is 0.670. The lowest BCUT2D eigenvalue weighted by Gasteiger charge is -2.11. The number of alkyl halides is 1. The molecule has 4 heteroatoms. The predicted molar refractivity (Wildman–Crippen MR) is 48.1 cm³/mol. The lowest BCUT2D eigenvalue weighted by Crippen LogP contribution is -2.12. The molecule has 0 atom stereocenters. The SMILES string of the molecule is Br.COC(CCCCl)OC. The highest BCUT2D eigenvalue weighted by atomic mass is 79.9. The Labute approximate surface area is 77.6 Å². The summed E-state index contributed by atoms with van der Waals surface area (Å²) in [6.07, 6.45) is 1.73. The summed E-state index contributed by atoms with van der Waals surface area (Å²) in [6, 6.07) is 0. The molecule has 0 aromatic heterocycles. The Morgan fingerprint density at radius 1 is 1.30 bits per heavy atom. The van der Waals surface area contributed by atoms with E-state index in [1.54, 1.807) is 14.2 Å². The predicted octanol–water partition coefficient (Wildman–Crippen LogP) is 2.20. The summed E-state index contributed by atoms with van der Waals surface area (Å²) in [5.41, 5.74) is 0. The van der Waals surface area contributed by atoms with Crippen LogP contribution in [0.5, 0.6) is 0 Å². The van der Waals surface area contributed by atoms with Gasteiger partial charge in [0.25, 0.3) is 0 Å². The van der Waals surface area contributed by atoms with Gasteiger partial charge in [-0.3, -0.25) is 0 Å². The van der Waals surface area contributed by atoms with Crippen LogP contribution in [0.1, 0.15) is 12.8 Å². The summed E-state index contributed by atoms with van der Waals surface area (Å²) in [6.45, 7) is 0. The molecule has 2 nitrogen and oxygen atoms in total. The number of methoxy groups -OCH3 is 2. The minimum Gasteiger partial charge on any atom is -0.356 e. The van der Waals surface area contributed by atoms with E-state index in [0.717, 1.165) is 12.8 Å². The van der Waals surface area contributed by atoms with Crippen LogP contribution < -0.4 is 0 Å². The lowest BCUT2D eigenvalue weighted by atomic mass is 10.3. The zero-order chi connectivity index (χ0) is 7.11. The highest BCUT2D eigenvalue weighted by Crippen LogP contribution is 2.01. The van der Waals surface area contributed by atoms with Gasteiger partial charge in [0.15, 0.2) is 6.29 Å². The quantitative estimate of drug-likeness (QED) is 0.535. The van der Waals surface area contributed by atoms with Crippen LogP contribution in [0.3, 0.4) is 0 Å². The second-order valence-electron chi connectivity index (χ2n) is 1.73. The minimum absolute atomic E-state index is 0. The van der Waals surface area contributed by atoms with E-state index >= 15 is 0 Å². The van der Waals surface area contributed by atoms with Gasteiger partial charge in [0, 0.05) is 20.1 Å². The molecule has 0 aromatic rings. The first kappa shape index (κ1) is 13.3. The highest BCUT2D eigenvalue weighted by Gasteiger charge is 2.01. The lowest BCUT2D eigenvalue weighted by molar-refractivity contribution is -0.106. The molecule has 0 saturated heterocycles. The minimum atomic E-state index is -0.0799. The zero-order valence-corrected chi connectivity index (χ0v) is 8.77. The number of halogens is 2. The first-order chi connectivity index (χ1) is 4.35. The van der Waals surface area contributed by atoms with Crippen molar-refractivity contribution in [1.82, 2.24) is 0 Å². The van der Waals surface area contributed by atoms with E-state index in [2.05, 4.69) is 0 Å². The van der Waals surface area contributed by atoms with E-state index in [0.29, 0.717) is 5.88 Å². The van der Waals surface area contributed by atoms with Gasteiger partial charge >= 0.3 is 0 Å². The standard InChI is InChI=1S/C6H13ClO2.BrH/c1-8-6(9-2)4-3-5-7;/h6H,3-5H2,1-2H3;1H. The molecule has 0 saturated carbocycles. The van der Waals surface area contributed by atoms with Gasteiger partial charge in [0.05, 0.1) is 0 Å². The van der Waals surface area contributed by atoms with Gasteiger partial charge in [-0.25, -0.2) is 0 Å². The summed E-state index contributed by atoms with van der Waals surface area (Å²) < 4.78 is 9.84. The first-order valence-electron chi connectivity index (χ1n) is 2.96. The van der Waals surface area contributed by atoms with Crippen molar-refractivity contribution in [2.75, 3.05) is 20.1 Å². The maximum atomic E-state index is 5.45. The van der Waals surface area contributed by atoms with E-state index in [1.807, 2.05) is 0 Å². The molecular formula is C6H14BrClO2. The molecule has 0 amide bonds. The molecule has 0 aromatic carbocycles. The molecule has 0 unspecified atom stereocenters. The molecular weight excluding hydrogens is 219 g/mol. The molecule has 0 rings (SSSR count). The van der Waals surface area contributed by atoms with Crippen molar-refractivity contribution >= 4 is 28.6 Å². The molecule has 0 N–H and O–H groups in total. The fourth-order valence-corrected chi connectivity index (χ4v) is 0.730. The van der Waals surface area contributed by atoms with Crippen molar-refractivity contribution in [2.45, 2.75) is 19.1 Å². The van der Waals surface area contributed by atoms with Crippen molar-refractivity contribution in [3.05, 3.63) is 0 Å². The Balaban J connectivity index is 0. The van der Waals surface area contributed by atoms with Crippen molar-refractivity contribution in [3.8, 4) is 0 Å². The topological polar surface area (TPSA) is 18.5 Å². The largest absolute Gasteiger partial charge is 0.356 e. The van der Waals surface area contributed by atoms with E-state index in [9.17, 15) is 0 Å².